The molecule has 26 heavy (non-hydrogen) atoms. The maximum atomic E-state index is 12.5. The minimum absolute atomic E-state index is 0.0322. The van der Waals surface area contributed by atoms with Crippen LogP contribution in [0.25, 0.3) is 0 Å². The topological polar surface area (TPSA) is 89.8 Å². The molecule has 0 aromatic heterocycles. The van der Waals surface area contributed by atoms with Crippen molar-refractivity contribution in [3.63, 3.8) is 0 Å². The van der Waals surface area contributed by atoms with Crippen molar-refractivity contribution in [1.82, 2.24) is 0 Å². The SMILES string of the molecule is C[C@@H]1Cc2ccccc2N1C(=O)COC(=O)c1ccc(Cl)c([N+](=O)[O-])c1. The van der Waals surface area contributed by atoms with Crippen molar-refractivity contribution in [3.05, 3.63) is 68.7 Å². The van der Waals surface area contributed by atoms with E-state index in [1.165, 1.54) is 12.1 Å². The van der Waals surface area contributed by atoms with Gasteiger partial charge in [0.1, 0.15) is 5.02 Å². The van der Waals surface area contributed by atoms with Crippen LogP contribution >= 0.6 is 11.6 Å². The van der Waals surface area contributed by atoms with Crippen molar-refractivity contribution in [2.75, 3.05) is 11.5 Å². The molecule has 1 heterocycles. The molecule has 0 bridgehead atoms. The molecule has 0 radical (unpaired) electrons. The number of para-hydroxylation sites is 1. The number of ether oxygens (including phenoxy) is 1. The summed E-state index contributed by atoms with van der Waals surface area (Å²) >= 11 is 5.72. The van der Waals surface area contributed by atoms with Crippen LogP contribution < -0.4 is 4.90 Å². The average molecular weight is 375 g/mol. The number of halogens is 1. The number of hydrogen-bond donors (Lipinski definition) is 0. The number of hydrogen-bond acceptors (Lipinski definition) is 5. The molecule has 0 spiro atoms. The van der Waals surface area contributed by atoms with Crippen LogP contribution in [0.15, 0.2) is 42.5 Å². The maximum absolute atomic E-state index is 12.5. The highest BCUT2D eigenvalue weighted by Crippen LogP contribution is 2.32. The van der Waals surface area contributed by atoms with Gasteiger partial charge in [0.15, 0.2) is 6.61 Å². The molecule has 0 aliphatic carbocycles. The van der Waals surface area contributed by atoms with E-state index in [1.54, 1.807) is 4.90 Å². The number of amides is 1. The Morgan fingerprint density at radius 2 is 2.04 bits per heavy atom. The van der Waals surface area contributed by atoms with Crippen LogP contribution in [-0.2, 0) is 16.0 Å². The van der Waals surface area contributed by atoms with Crippen LogP contribution in [0.5, 0.6) is 0 Å². The number of carbonyl (C=O) groups is 2. The van der Waals surface area contributed by atoms with Crippen LogP contribution in [-0.4, -0.2) is 29.4 Å². The quantitative estimate of drug-likeness (QED) is 0.465. The summed E-state index contributed by atoms with van der Waals surface area (Å²) in [6.07, 6.45) is 0.735. The van der Waals surface area contributed by atoms with Gasteiger partial charge in [0.25, 0.3) is 11.6 Å². The van der Waals surface area contributed by atoms with E-state index in [0.29, 0.717) is 0 Å². The summed E-state index contributed by atoms with van der Waals surface area (Å²) in [5, 5.41) is 10.8. The monoisotopic (exact) mass is 374 g/mol. The van der Waals surface area contributed by atoms with E-state index in [2.05, 4.69) is 0 Å². The molecule has 0 N–H and O–H groups in total. The van der Waals surface area contributed by atoms with E-state index >= 15 is 0 Å². The molecule has 7 nitrogen and oxygen atoms in total. The molecule has 2 aromatic carbocycles. The largest absolute Gasteiger partial charge is 0.452 e. The van der Waals surface area contributed by atoms with Gasteiger partial charge in [-0.2, -0.15) is 0 Å². The first kappa shape index (κ1) is 17.9. The molecule has 0 saturated heterocycles. The van der Waals surface area contributed by atoms with E-state index in [0.717, 1.165) is 23.7 Å². The fraction of sp³-hybridized carbons (Fsp3) is 0.222. The minimum Gasteiger partial charge on any atom is -0.452 e. The summed E-state index contributed by atoms with van der Waals surface area (Å²) in [6, 6.07) is 11.1. The summed E-state index contributed by atoms with van der Waals surface area (Å²) in [7, 11) is 0. The Labute approximate surface area is 154 Å². The van der Waals surface area contributed by atoms with Gasteiger partial charge in [0.05, 0.1) is 10.5 Å². The van der Waals surface area contributed by atoms with Crippen LogP contribution in [0.2, 0.25) is 5.02 Å². The van der Waals surface area contributed by atoms with Gasteiger partial charge in [0, 0.05) is 17.8 Å². The maximum Gasteiger partial charge on any atom is 0.338 e. The predicted octanol–water partition coefficient (Wildman–Crippen LogP) is 3.38. The standard InChI is InChI=1S/C18H15ClN2O5/c1-11-8-12-4-2-3-5-15(12)20(11)17(22)10-26-18(23)13-6-7-14(19)16(9-13)21(24)25/h2-7,9,11H,8,10H2,1H3/t11-/m1/s1. The molecule has 1 amide bonds. The zero-order valence-electron chi connectivity index (χ0n) is 13.8. The second kappa shape index (κ2) is 7.13. The highest BCUT2D eigenvalue weighted by molar-refractivity contribution is 6.32. The third-order valence-electron chi connectivity index (χ3n) is 4.18. The van der Waals surface area contributed by atoms with E-state index < -0.39 is 23.2 Å². The zero-order valence-corrected chi connectivity index (χ0v) is 14.6. The van der Waals surface area contributed by atoms with Crippen LogP contribution in [0, 0.1) is 10.1 Å². The van der Waals surface area contributed by atoms with Crippen molar-refractivity contribution in [2.45, 2.75) is 19.4 Å². The minimum atomic E-state index is -0.821. The summed E-state index contributed by atoms with van der Waals surface area (Å²) in [5.74, 6) is -1.17. The lowest BCUT2D eigenvalue weighted by Crippen LogP contribution is -2.38. The average Bonchev–Trinajstić information content (AvgIpc) is 2.95. The summed E-state index contributed by atoms with van der Waals surface area (Å²) < 4.78 is 5.04. The Morgan fingerprint density at radius 1 is 1.31 bits per heavy atom. The highest BCUT2D eigenvalue weighted by Gasteiger charge is 2.31. The molecule has 3 rings (SSSR count). The first-order valence-corrected chi connectivity index (χ1v) is 8.27. The van der Waals surface area contributed by atoms with Crippen molar-refractivity contribution in [3.8, 4) is 0 Å². The molecular formula is C18H15ClN2O5. The Kier molecular flexibility index (Phi) is 4.90. The first-order chi connectivity index (χ1) is 12.4. The lowest BCUT2D eigenvalue weighted by Gasteiger charge is -2.22. The van der Waals surface area contributed by atoms with E-state index in [-0.39, 0.29) is 22.5 Å². The fourth-order valence-electron chi connectivity index (χ4n) is 3.01. The second-order valence-electron chi connectivity index (χ2n) is 5.95. The number of fused-ring (bicyclic) bond motifs is 1. The van der Waals surface area contributed by atoms with Gasteiger partial charge in [-0.15, -0.1) is 0 Å². The van der Waals surface area contributed by atoms with Gasteiger partial charge in [-0.25, -0.2) is 4.79 Å². The zero-order chi connectivity index (χ0) is 18.8. The van der Waals surface area contributed by atoms with Crippen LogP contribution in [0.4, 0.5) is 11.4 Å². The molecule has 1 aliphatic rings. The van der Waals surface area contributed by atoms with Crippen molar-refractivity contribution in [2.24, 2.45) is 0 Å². The number of esters is 1. The third kappa shape index (κ3) is 3.39. The Morgan fingerprint density at radius 3 is 2.77 bits per heavy atom. The molecule has 0 fully saturated rings. The van der Waals surface area contributed by atoms with Gasteiger partial charge in [-0.3, -0.25) is 14.9 Å². The Bertz CT molecular complexity index is 899. The van der Waals surface area contributed by atoms with Gasteiger partial charge < -0.3 is 9.64 Å². The molecule has 2 aromatic rings. The first-order valence-electron chi connectivity index (χ1n) is 7.89. The highest BCUT2D eigenvalue weighted by atomic mass is 35.5. The Balaban J connectivity index is 1.69. The van der Waals surface area contributed by atoms with E-state index in [4.69, 9.17) is 16.3 Å². The van der Waals surface area contributed by atoms with Gasteiger partial charge >= 0.3 is 5.97 Å². The van der Waals surface area contributed by atoms with Gasteiger partial charge in [-0.1, -0.05) is 29.8 Å². The number of carbonyl (C=O) groups excluding carboxylic acids is 2. The predicted molar refractivity (Wildman–Crippen MR) is 95.5 cm³/mol. The number of nitrogens with zero attached hydrogens (tertiary/aromatic N) is 2. The number of benzene rings is 2. The number of anilines is 1. The summed E-state index contributed by atoms with van der Waals surface area (Å²) in [6.45, 7) is 1.47. The molecule has 0 unspecified atom stereocenters. The Hall–Kier alpha value is -2.93. The van der Waals surface area contributed by atoms with Crippen LogP contribution in [0.3, 0.4) is 0 Å². The van der Waals surface area contributed by atoms with E-state index in [1.807, 2.05) is 31.2 Å². The van der Waals surface area contributed by atoms with Crippen molar-refractivity contribution >= 4 is 34.9 Å². The summed E-state index contributed by atoms with van der Waals surface area (Å²) in [5.41, 5.74) is 1.44. The van der Waals surface area contributed by atoms with Crippen molar-refractivity contribution in [1.29, 1.82) is 0 Å². The molecular weight excluding hydrogens is 360 g/mol. The molecule has 1 aliphatic heterocycles. The third-order valence-corrected chi connectivity index (χ3v) is 4.50. The molecule has 0 saturated carbocycles. The number of nitro benzene ring substituents is 1. The van der Waals surface area contributed by atoms with E-state index in [9.17, 15) is 19.7 Å². The normalized spacial score (nSPS) is 15.5. The molecule has 8 heteroatoms. The second-order valence-corrected chi connectivity index (χ2v) is 6.35. The lowest BCUT2D eigenvalue weighted by atomic mass is 10.1. The molecule has 134 valence electrons. The summed E-state index contributed by atoms with van der Waals surface area (Å²) in [4.78, 5) is 36.4. The van der Waals surface area contributed by atoms with Crippen molar-refractivity contribution < 1.29 is 19.2 Å². The van der Waals surface area contributed by atoms with Crippen LogP contribution in [0.1, 0.15) is 22.8 Å². The number of nitro groups is 1. The lowest BCUT2D eigenvalue weighted by molar-refractivity contribution is -0.384. The van der Waals surface area contributed by atoms with Gasteiger partial charge in [0.2, 0.25) is 0 Å². The molecule has 1 atom stereocenters. The van der Waals surface area contributed by atoms with Gasteiger partial charge in [-0.05, 0) is 37.1 Å². The smallest absolute Gasteiger partial charge is 0.338 e. The fourth-order valence-corrected chi connectivity index (χ4v) is 3.19. The number of rotatable bonds is 4.